The maximum absolute atomic E-state index is 4.38. The van der Waals surface area contributed by atoms with Crippen molar-refractivity contribution in [1.29, 1.82) is 0 Å². The molecule has 0 atom stereocenters. The minimum atomic E-state index is 1.01. The number of fused-ring (bicyclic) bond motifs is 1. The lowest BCUT2D eigenvalue weighted by Gasteiger charge is -2.20. The summed E-state index contributed by atoms with van der Waals surface area (Å²) in [5.41, 5.74) is 2.67. The van der Waals surface area contributed by atoms with E-state index < -0.39 is 0 Å². The summed E-state index contributed by atoms with van der Waals surface area (Å²) in [5.74, 6) is 0. The molecule has 0 saturated heterocycles. The maximum Gasteiger partial charge on any atom is 0.0796 e. The smallest absolute Gasteiger partial charge is 0.0796 e. The molecule has 2 heterocycles. The second-order valence-electron chi connectivity index (χ2n) is 3.26. The van der Waals surface area contributed by atoms with Crippen LogP contribution in [0.4, 0.5) is 0 Å². The average molecular weight is 151 g/mol. The van der Waals surface area contributed by atoms with Gasteiger partial charge in [0, 0.05) is 26.3 Å². The first-order valence-electron chi connectivity index (χ1n) is 3.95. The van der Waals surface area contributed by atoms with Gasteiger partial charge in [-0.25, -0.2) is 0 Å². The van der Waals surface area contributed by atoms with Gasteiger partial charge < -0.3 is 4.90 Å². The molecule has 1 aromatic heterocycles. The lowest BCUT2D eigenvalue weighted by Crippen LogP contribution is -2.26. The normalized spacial score (nSPS) is 18.4. The van der Waals surface area contributed by atoms with Gasteiger partial charge in [-0.15, -0.1) is 0 Å². The molecular weight excluding hydrogens is 138 g/mol. The molecular formula is C8H13N3. The van der Waals surface area contributed by atoms with Gasteiger partial charge in [-0.3, -0.25) is 4.68 Å². The van der Waals surface area contributed by atoms with Gasteiger partial charge in [-0.1, -0.05) is 0 Å². The van der Waals surface area contributed by atoms with Gasteiger partial charge in [0.05, 0.1) is 5.69 Å². The molecule has 0 amide bonds. The number of rotatable bonds is 0. The molecule has 0 saturated carbocycles. The standard InChI is InChI=1S/C8H13N3/c1-10-4-3-7-5-11(2)9-8(7)6-10/h5H,3-4,6H2,1-2H3. The Balaban J connectivity index is 2.34. The molecule has 1 aliphatic heterocycles. The second kappa shape index (κ2) is 2.34. The molecule has 11 heavy (non-hydrogen) atoms. The summed E-state index contributed by atoms with van der Waals surface area (Å²) in [4.78, 5) is 2.30. The van der Waals surface area contributed by atoms with Crippen molar-refractivity contribution in [2.75, 3.05) is 13.6 Å². The van der Waals surface area contributed by atoms with Crippen molar-refractivity contribution in [1.82, 2.24) is 14.7 Å². The molecule has 0 radical (unpaired) electrons. The molecule has 3 nitrogen and oxygen atoms in total. The second-order valence-corrected chi connectivity index (χ2v) is 3.26. The Morgan fingerprint density at radius 2 is 2.27 bits per heavy atom. The Labute approximate surface area is 66.6 Å². The lowest BCUT2D eigenvalue weighted by atomic mass is 10.1. The van der Waals surface area contributed by atoms with Crippen LogP contribution in [0.1, 0.15) is 11.3 Å². The van der Waals surface area contributed by atoms with Crippen LogP contribution in [-0.4, -0.2) is 28.3 Å². The Morgan fingerprint density at radius 1 is 1.45 bits per heavy atom. The van der Waals surface area contributed by atoms with E-state index in [1.165, 1.54) is 17.8 Å². The highest BCUT2D eigenvalue weighted by molar-refractivity contribution is 5.19. The van der Waals surface area contributed by atoms with Crippen molar-refractivity contribution in [3.63, 3.8) is 0 Å². The lowest BCUT2D eigenvalue weighted by molar-refractivity contribution is 0.308. The van der Waals surface area contributed by atoms with E-state index in [9.17, 15) is 0 Å². The Bertz CT molecular complexity index is 264. The van der Waals surface area contributed by atoms with Crippen LogP contribution >= 0.6 is 0 Å². The predicted octanol–water partition coefficient (Wildman–Crippen LogP) is 0.408. The monoisotopic (exact) mass is 151 g/mol. The molecule has 0 aliphatic carbocycles. The van der Waals surface area contributed by atoms with E-state index in [0.717, 1.165) is 13.0 Å². The van der Waals surface area contributed by atoms with Gasteiger partial charge in [-0.2, -0.15) is 5.10 Å². The molecule has 0 spiro atoms. The average Bonchev–Trinajstić information content (AvgIpc) is 2.27. The minimum Gasteiger partial charge on any atom is -0.300 e. The molecule has 60 valence electrons. The van der Waals surface area contributed by atoms with Gasteiger partial charge in [0.2, 0.25) is 0 Å². The van der Waals surface area contributed by atoms with E-state index in [0.29, 0.717) is 0 Å². The van der Waals surface area contributed by atoms with Crippen LogP contribution in [0.5, 0.6) is 0 Å². The zero-order chi connectivity index (χ0) is 7.84. The SMILES string of the molecule is CN1CCc2cn(C)nc2C1. The third kappa shape index (κ3) is 1.16. The molecule has 1 aromatic rings. The fraction of sp³-hybridized carbons (Fsp3) is 0.625. The highest BCUT2D eigenvalue weighted by Gasteiger charge is 2.15. The van der Waals surface area contributed by atoms with E-state index in [2.05, 4.69) is 23.2 Å². The summed E-state index contributed by atoms with van der Waals surface area (Å²) in [6.07, 6.45) is 3.28. The first kappa shape index (κ1) is 6.85. The largest absolute Gasteiger partial charge is 0.300 e. The first-order valence-corrected chi connectivity index (χ1v) is 3.95. The summed E-state index contributed by atoms with van der Waals surface area (Å²) in [7, 11) is 4.12. The minimum absolute atomic E-state index is 1.01. The first-order chi connectivity index (χ1) is 5.25. The Morgan fingerprint density at radius 3 is 3.09 bits per heavy atom. The van der Waals surface area contributed by atoms with Crippen LogP contribution in [-0.2, 0) is 20.0 Å². The van der Waals surface area contributed by atoms with Gasteiger partial charge in [0.15, 0.2) is 0 Å². The highest BCUT2D eigenvalue weighted by atomic mass is 15.3. The van der Waals surface area contributed by atoms with Crippen LogP contribution in [0.2, 0.25) is 0 Å². The van der Waals surface area contributed by atoms with Crippen molar-refractivity contribution >= 4 is 0 Å². The fourth-order valence-electron chi connectivity index (χ4n) is 1.57. The van der Waals surface area contributed by atoms with Crippen molar-refractivity contribution in [2.45, 2.75) is 13.0 Å². The van der Waals surface area contributed by atoms with Crippen LogP contribution < -0.4 is 0 Å². The van der Waals surface area contributed by atoms with Gasteiger partial charge in [0.1, 0.15) is 0 Å². The van der Waals surface area contributed by atoms with E-state index in [-0.39, 0.29) is 0 Å². The molecule has 0 unspecified atom stereocenters. The third-order valence-electron chi connectivity index (χ3n) is 2.17. The van der Waals surface area contributed by atoms with Gasteiger partial charge in [-0.05, 0) is 19.0 Å². The van der Waals surface area contributed by atoms with E-state index in [1.54, 1.807) is 0 Å². The highest BCUT2D eigenvalue weighted by Crippen LogP contribution is 2.14. The van der Waals surface area contributed by atoms with Crippen molar-refractivity contribution < 1.29 is 0 Å². The zero-order valence-electron chi connectivity index (χ0n) is 7.04. The van der Waals surface area contributed by atoms with Crippen LogP contribution in [0.3, 0.4) is 0 Å². The van der Waals surface area contributed by atoms with E-state index >= 15 is 0 Å². The van der Waals surface area contributed by atoms with E-state index in [1.807, 2.05) is 11.7 Å². The number of likely N-dealkylation sites (N-methyl/N-ethyl adjacent to an activating group) is 1. The summed E-state index contributed by atoms with van der Waals surface area (Å²) in [5, 5.41) is 4.38. The van der Waals surface area contributed by atoms with Crippen LogP contribution in [0.15, 0.2) is 6.20 Å². The molecule has 0 N–H and O–H groups in total. The van der Waals surface area contributed by atoms with Gasteiger partial charge in [0.25, 0.3) is 0 Å². The summed E-state index contributed by atoms with van der Waals surface area (Å²) < 4.78 is 1.91. The summed E-state index contributed by atoms with van der Waals surface area (Å²) in [6, 6.07) is 0. The fourth-order valence-corrected chi connectivity index (χ4v) is 1.57. The van der Waals surface area contributed by atoms with Crippen molar-refractivity contribution in [2.24, 2.45) is 7.05 Å². The molecule has 1 aliphatic rings. The summed E-state index contributed by atoms with van der Waals surface area (Å²) in [6.45, 7) is 2.18. The Hall–Kier alpha value is -0.830. The van der Waals surface area contributed by atoms with Crippen molar-refractivity contribution in [3.8, 4) is 0 Å². The molecule has 0 bridgehead atoms. The van der Waals surface area contributed by atoms with Crippen LogP contribution in [0.25, 0.3) is 0 Å². The summed E-state index contributed by atoms with van der Waals surface area (Å²) >= 11 is 0. The number of aromatic nitrogens is 2. The number of hydrogen-bond donors (Lipinski definition) is 0. The molecule has 3 heteroatoms. The topological polar surface area (TPSA) is 21.1 Å². The van der Waals surface area contributed by atoms with Gasteiger partial charge >= 0.3 is 0 Å². The molecule has 0 fully saturated rings. The quantitative estimate of drug-likeness (QED) is 0.535. The number of nitrogens with zero attached hydrogens (tertiary/aromatic N) is 3. The number of aryl methyl sites for hydroxylation is 1. The van der Waals surface area contributed by atoms with Crippen LogP contribution in [0, 0.1) is 0 Å². The Kier molecular flexibility index (Phi) is 1.46. The third-order valence-corrected chi connectivity index (χ3v) is 2.17. The zero-order valence-corrected chi connectivity index (χ0v) is 7.04. The molecule has 0 aromatic carbocycles. The van der Waals surface area contributed by atoms with E-state index in [4.69, 9.17) is 0 Å². The van der Waals surface area contributed by atoms with Crippen molar-refractivity contribution in [3.05, 3.63) is 17.5 Å². The predicted molar refractivity (Wildman–Crippen MR) is 43.2 cm³/mol. The maximum atomic E-state index is 4.38. The molecule has 2 rings (SSSR count). The number of hydrogen-bond acceptors (Lipinski definition) is 2.